The summed E-state index contributed by atoms with van der Waals surface area (Å²) in [6.45, 7) is 2.15. The third-order valence-corrected chi connectivity index (χ3v) is 3.40. The summed E-state index contributed by atoms with van der Waals surface area (Å²) in [5.41, 5.74) is -0.119. The average molecular weight is 362 g/mol. The van der Waals surface area contributed by atoms with Crippen molar-refractivity contribution < 1.29 is 23.5 Å². The Morgan fingerprint density at radius 2 is 2.10 bits per heavy atom. The van der Waals surface area contributed by atoms with Crippen molar-refractivity contribution in [1.82, 2.24) is 4.90 Å². The maximum absolute atomic E-state index is 13.8. The second-order valence-corrected chi connectivity index (χ2v) is 5.15. The monoisotopic (exact) mass is 361 g/mol. The number of nitrogens with zero attached hydrogens (tertiary/aromatic N) is 1. The van der Waals surface area contributed by atoms with E-state index in [9.17, 15) is 14.0 Å². The van der Waals surface area contributed by atoms with Gasteiger partial charge in [0.15, 0.2) is 6.04 Å². The van der Waals surface area contributed by atoms with Gasteiger partial charge in [-0.3, -0.25) is 4.79 Å². The van der Waals surface area contributed by atoms with Crippen LogP contribution in [0.15, 0.2) is 22.7 Å². The summed E-state index contributed by atoms with van der Waals surface area (Å²) in [6, 6.07) is 3.18. The largest absolute Gasteiger partial charge is 0.467 e. The highest BCUT2D eigenvalue weighted by Gasteiger charge is 2.29. The SMILES string of the molecule is CCOCC(C(=O)OC)N(C)C(=O)c1ccc(Br)cc1F. The highest BCUT2D eigenvalue weighted by Crippen LogP contribution is 2.17. The predicted octanol–water partition coefficient (Wildman–Crippen LogP) is 2.24. The lowest BCUT2D eigenvalue weighted by Gasteiger charge is -2.26. The Morgan fingerprint density at radius 1 is 1.43 bits per heavy atom. The molecule has 0 aliphatic heterocycles. The highest BCUT2D eigenvalue weighted by atomic mass is 79.9. The van der Waals surface area contributed by atoms with E-state index in [0.717, 1.165) is 4.90 Å². The van der Waals surface area contributed by atoms with E-state index in [1.807, 2.05) is 0 Å². The number of halogens is 2. The van der Waals surface area contributed by atoms with Gasteiger partial charge >= 0.3 is 5.97 Å². The molecule has 0 aliphatic rings. The summed E-state index contributed by atoms with van der Waals surface area (Å²) >= 11 is 3.12. The number of hydrogen-bond acceptors (Lipinski definition) is 4. The van der Waals surface area contributed by atoms with Crippen molar-refractivity contribution in [3.05, 3.63) is 34.1 Å². The number of methoxy groups -OCH3 is 1. The first kappa shape index (κ1) is 17.6. The molecule has 1 aromatic rings. The Balaban J connectivity index is 2.98. The fraction of sp³-hybridized carbons (Fsp3) is 0.429. The number of hydrogen-bond donors (Lipinski definition) is 0. The van der Waals surface area contributed by atoms with E-state index < -0.39 is 23.7 Å². The molecular formula is C14H17BrFNO4. The second kappa shape index (κ2) is 8.09. The van der Waals surface area contributed by atoms with Gasteiger partial charge in [-0.05, 0) is 25.1 Å². The molecule has 1 aromatic carbocycles. The van der Waals surface area contributed by atoms with E-state index in [1.165, 1.54) is 26.3 Å². The van der Waals surface area contributed by atoms with E-state index >= 15 is 0 Å². The highest BCUT2D eigenvalue weighted by molar-refractivity contribution is 9.10. The molecule has 1 atom stereocenters. The van der Waals surface area contributed by atoms with Gasteiger partial charge < -0.3 is 14.4 Å². The number of ether oxygens (including phenoxy) is 2. The van der Waals surface area contributed by atoms with Crippen LogP contribution >= 0.6 is 15.9 Å². The summed E-state index contributed by atoms with van der Waals surface area (Å²) in [7, 11) is 2.63. The summed E-state index contributed by atoms with van der Waals surface area (Å²) in [4.78, 5) is 25.2. The Kier molecular flexibility index (Phi) is 6.77. The van der Waals surface area contributed by atoms with Crippen molar-refractivity contribution in [2.75, 3.05) is 27.4 Å². The molecule has 0 aromatic heterocycles. The molecule has 0 spiro atoms. The van der Waals surface area contributed by atoms with Crippen LogP contribution in [0.4, 0.5) is 4.39 Å². The van der Waals surface area contributed by atoms with E-state index in [1.54, 1.807) is 13.0 Å². The molecule has 0 saturated heterocycles. The van der Waals surface area contributed by atoms with Gasteiger partial charge in [0, 0.05) is 18.1 Å². The fourth-order valence-corrected chi connectivity index (χ4v) is 2.03. The van der Waals surface area contributed by atoms with Gasteiger partial charge in [0.2, 0.25) is 0 Å². The van der Waals surface area contributed by atoms with Gasteiger partial charge in [0.25, 0.3) is 5.91 Å². The van der Waals surface area contributed by atoms with Crippen molar-refractivity contribution in [2.24, 2.45) is 0 Å². The topological polar surface area (TPSA) is 55.8 Å². The Morgan fingerprint density at radius 3 is 2.62 bits per heavy atom. The summed E-state index contributed by atoms with van der Waals surface area (Å²) in [5.74, 6) is -1.90. The summed E-state index contributed by atoms with van der Waals surface area (Å²) in [6.07, 6.45) is 0. The van der Waals surface area contributed by atoms with Crippen LogP contribution in [0.5, 0.6) is 0 Å². The zero-order chi connectivity index (χ0) is 16.0. The third-order valence-electron chi connectivity index (χ3n) is 2.90. The molecular weight excluding hydrogens is 345 g/mol. The minimum atomic E-state index is -0.925. The first-order valence-electron chi connectivity index (χ1n) is 6.30. The van der Waals surface area contributed by atoms with Crippen molar-refractivity contribution in [1.29, 1.82) is 0 Å². The molecule has 7 heteroatoms. The Labute approximate surface area is 131 Å². The zero-order valence-electron chi connectivity index (χ0n) is 12.1. The summed E-state index contributed by atoms with van der Waals surface area (Å²) in [5, 5.41) is 0. The lowest BCUT2D eigenvalue weighted by atomic mass is 10.1. The average Bonchev–Trinajstić information content (AvgIpc) is 2.46. The molecule has 1 rings (SSSR count). The van der Waals surface area contributed by atoms with Crippen LogP contribution in [-0.2, 0) is 14.3 Å². The standard InChI is InChI=1S/C14H17BrFNO4/c1-4-21-8-12(14(19)20-3)17(2)13(18)10-6-5-9(15)7-11(10)16/h5-7,12H,4,8H2,1-3H3. The fourth-order valence-electron chi connectivity index (χ4n) is 1.70. The normalized spacial score (nSPS) is 11.9. The minimum Gasteiger partial charge on any atom is -0.467 e. The first-order chi connectivity index (χ1) is 9.92. The molecule has 21 heavy (non-hydrogen) atoms. The maximum atomic E-state index is 13.8. The van der Waals surface area contributed by atoms with Gasteiger partial charge in [-0.15, -0.1) is 0 Å². The lowest BCUT2D eigenvalue weighted by Crippen LogP contribution is -2.46. The minimum absolute atomic E-state index is 0.0104. The zero-order valence-corrected chi connectivity index (χ0v) is 13.6. The smallest absolute Gasteiger partial charge is 0.331 e. The van der Waals surface area contributed by atoms with Crippen molar-refractivity contribution in [2.45, 2.75) is 13.0 Å². The van der Waals surface area contributed by atoms with Crippen LogP contribution in [0.3, 0.4) is 0 Å². The number of carbonyl (C=O) groups is 2. The van der Waals surface area contributed by atoms with Gasteiger partial charge in [-0.25, -0.2) is 9.18 Å². The number of benzene rings is 1. The van der Waals surface area contributed by atoms with Crippen molar-refractivity contribution >= 4 is 27.8 Å². The number of esters is 1. The molecule has 5 nitrogen and oxygen atoms in total. The lowest BCUT2D eigenvalue weighted by molar-refractivity contribution is -0.147. The van der Waals surface area contributed by atoms with Crippen LogP contribution in [0.25, 0.3) is 0 Å². The number of carbonyl (C=O) groups excluding carboxylic acids is 2. The van der Waals surface area contributed by atoms with E-state index in [0.29, 0.717) is 11.1 Å². The number of rotatable bonds is 6. The first-order valence-corrected chi connectivity index (χ1v) is 7.09. The van der Waals surface area contributed by atoms with Crippen LogP contribution in [0, 0.1) is 5.82 Å². The van der Waals surface area contributed by atoms with E-state index in [2.05, 4.69) is 20.7 Å². The van der Waals surface area contributed by atoms with E-state index in [-0.39, 0.29) is 12.2 Å². The number of amides is 1. The Bertz CT molecular complexity index is 524. The van der Waals surface area contributed by atoms with Crippen LogP contribution in [0.2, 0.25) is 0 Å². The molecule has 1 unspecified atom stereocenters. The molecule has 0 aliphatic carbocycles. The van der Waals surface area contributed by atoms with Gasteiger partial charge in [0.1, 0.15) is 5.82 Å². The number of likely N-dealkylation sites (N-methyl/N-ethyl adjacent to an activating group) is 1. The van der Waals surface area contributed by atoms with Gasteiger partial charge in [-0.1, -0.05) is 15.9 Å². The maximum Gasteiger partial charge on any atom is 0.331 e. The third kappa shape index (κ3) is 4.50. The predicted molar refractivity (Wildman–Crippen MR) is 78.5 cm³/mol. The molecule has 0 heterocycles. The van der Waals surface area contributed by atoms with Crippen LogP contribution in [0.1, 0.15) is 17.3 Å². The van der Waals surface area contributed by atoms with Crippen molar-refractivity contribution in [3.8, 4) is 0 Å². The van der Waals surface area contributed by atoms with Gasteiger partial charge in [0.05, 0.1) is 19.3 Å². The molecule has 0 fully saturated rings. The van der Waals surface area contributed by atoms with Crippen LogP contribution in [-0.4, -0.2) is 50.2 Å². The Hall–Kier alpha value is -1.47. The molecule has 0 radical (unpaired) electrons. The summed E-state index contributed by atoms with van der Waals surface area (Å²) < 4.78 is 24.2. The molecule has 0 saturated carbocycles. The van der Waals surface area contributed by atoms with E-state index in [4.69, 9.17) is 4.74 Å². The molecule has 1 amide bonds. The molecule has 0 N–H and O–H groups in total. The molecule has 0 bridgehead atoms. The van der Waals surface area contributed by atoms with Crippen molar-refractivity contribution in [3.63, 3.8) is 0 Å². The molecule has 116 valence electrons. The van der Waals surface area contributed by atoms with Gasteiger partial charge in [-0.2, -0.15) is 0 Å². The second-order valence-electron chi connectivity index (χ2n) is 4.24. The van der Waals surface area contributed by atoms with Crippen LogP contribution < -0.4 is 0 Å². The quantitative estimate of drug-likeness (QED) is 0.729.